The monoisotopic (exact) mass is 346 g/mol. The summed E-state index contributed by atoms with van der Waals surface area (Å²) in [4.78, 5) is 5.34. The van der Waals surface area contributed by atoms with Crippen LogP contribution in [0.2, 0.25) is 0 Å². The first-order chi connectivity index (χ1) is 9.50. The van der Waals surface area contributed by atoms with Crippen molar-refractivity contribution in [2.75, 3.05) is 13.1 Å². The number of rotatable bonds is 8. The Morgan fingerprint density at radius 3 is 1.15 bits per heavy atom. The molecule has 0 saturated carbocycles. The molecule has 0 spiro atoms. The molecule has 0 N–H and O–H groups in total. The van der Waals surface area contributed by atoms with Crippen molar-refractivity contribution in [3.63, 3.8) is 0 Å². The van der Waals surface area contributed by atoms with Crippen molar-refractivity contribution in [1.82, 2.24) is 9.80 Å². The van der Waals surface area contributed by atoms with E-state index in [2.05, 4.69) is 66.9 Å². The van der Waals surface area contributed by atoms with E-state index < -0.39 is 0 Å². The fourth-order valence-corrected chi connectivity index (χ4v) is 5.26. The Hall–Kier alpha value is -0.0105. The Labute approximate surface area is 134 Å². The zero-order valence-electron chi connectivity index (χ0n) is 14.5. The van der Waals surface area contributed by atoms with Crippen LogP contribution < -0.4 is 0 Å². The summed E-state index contributed by atoms with van der Waals surface area (Å²) in [6.45, 7) is 16.4. The summed E-state index contributed by atoms with van der Waals surface area (Å²) in [6, 6.07) is 0. The van der Waals surface area contributed by atoms with Crippen LogP contribution in [0.3, 0.4) is 0 Å². The Morgan fingerprint density at radius 1 is 0.700 bits per heavy atom. The van der Waals surface area contributed by atoms with Crippen LogP contribution >= 0.6 is 0 Å². The SMILES string of the molecule is CCC(CC)(CC)N1CCN(C(CC)(CC)CC)C1=[Se]. The first-order valence-electron chi connectivity index (χ1n) is 8.59. The van der Waals surface area contributed by atoms with Gasteiger partial charge in [0, 0.05) is 0 Å². The van der Waals surface area contributed by atoms with Crippen molar-refractivity contribution in [2.45, 2.75) is 91.1 Å². The number of hydrogen-bond donors (Lipinski definition) is 0. The zero-order valence-corrected chi connectivity index (χ0v) is 16.2. The Bertz CT molecular complexity index is 272. The molecule has 0 amide bonds. The van der Waals surface area contributed by atoms with Gasteiger partial charge in [-0.1, -0.05) is 0 Å². The van der Waals surface area contributed by atoms with E-state index >= 15 is 0 Å². The molecule has 1 rings (SSSR count). The molecule has 1 heterocycles. The molecular weight excluding hydrogens is 311 g/mol. The van der Waals surface area contributed by atoms with Crippen LogP contribution in [0, 0.1) is 0 Å². The van der Waals surface area contributed by atoms with Crippen LogP contribution in [-0.2, 0) is 0 Å². The molecule has 1 saturated heterocycles. The molecule has 0 aromatic carbocycles. The molecule has 1 aliphatic rings. The molecule has 0 aromatic rings. The molecule has 20 heavy (non-hydrogen) atoms. The molecule has 2 nitrogen and oxygen atoms in total. The van der Waals surface area contributed by atoms with E-state index in [-0.39, 0.29) is 0 Å². The van der Waals surface area contributed by atoms with Gasteiger partial charge in [0.25, 0.3) is 0 Å². The van der Waals surface area contributed by atoms with Gasteiger partial charge in [-0.25, -0.2) is 0 Å². The van der Waals surface area contributed by atoms with Crippen LogP contribution in [0.4, 0.5) is 0 Å². The zero-order chi connectivity index (χ0) is 15.4. The summed E-state index contributed by atoms with van der Waals surface area (Å²) in [6.07, 6.45) is 7.40. The Balaban J connectivity index is 3.03. The molecule has 0 aliphatic carbocycles. The predicted molar refractivity (Wildman–Crippen MR) is 91.4 cm³/mol. The Morgan fingerprint density at radius 2 is 0.950 bits per heavy atom. The number of nitrogens with zero attached hydrogens (tertiary/aromatic N) is 2. The maximum atomic E-state index is 3.42. The van der Waals surface area contributed by atoms with Crippen LogP contribution in [0.15, 0.2) is 0 Å². The van der Waals surface area contributed by atoms with Gasteiger partial charge in [0.1, 0.15) is 0 Å². The van der Waals surface area contributed by atoms with E-state index in [1.54, 1.807) is 0 Å². The standard InChI is InChI=1S/C17H34N2Se/c1-7-16(8-2,9-3)18-13-14-19(15(18)20)17(10-4,11-5)12-6/h7-14H2,1-6H3. The minimum atomic E-state index is 0.344. The molecular formula is C17H34N2Se. The van der Waals surface area contributed by atoms with Crippen molar-refractivity contribution in [3.05, 3.63) is 0 Å². The molecule has 1 aliphatic heterocycles. The van der Waals surface area contributed by atoms with Gasteiger partial charge >= 0.3 is 134 Å². The van der Waals surface area contributed by atoms with Gasteiger partial charge in [-0.2, -0.15) is 0 Å². The van der Waals surface area contributed by atoms with Crippen molar-refractivity contribution < 1.29 is 0 Å². The summed E-state index contributed by atoms with van der Waals surface area (Å²) in [7, 11) is 0. The number of hydrogen-bond acceptors (Lipinski definition) is 2. The second-order valence-electron chi connectivity index (χ2n) is 6.16. The third-order valence-corrected chi connectivity index (χ3v) is 7.03. The second-order valence-corrected chi connectivity index (χ2v) is 6.92. The van der Waals surface area contributed by atoms with Gasteiger partial charge in [0.2, 0.25) is 0 Å². The molecule has 0 unspecified atom stereocenters. The summed E-state index contributed by atoms with van der Waals surface area (Å²) >= 11 is 3.42. The van der Waals surface area contributed by atoms with Crippen LogP contribution in [0.1, 0.15) is 80.1 Å². The van der Waals surface area contributed by atoms with Crippen LogP contribution in [-0.4, -0.2) is 54.2 Å². The van der Waals surface area contributed by atoms with Crippen LogP contribution in [0.5, 0.6) is 0 Å². The van der Waals surface area contributed by atoms with Gasteiger partial charge < -0.3 is 0 Å². The van der Waals surface area contributed by atoms with E-state index in [1.165, 1.54) is 56.3 Å². The fraction of sp³-hybridized carbons (Fsp3) is 0.941. The summed E-state index contributed by atoms with van der Waals surface area (Å²) < 4.78 is 1.40. The first kappa shape index (κ1) is 18.0. The maximum absolute atomic E-state index is 3.42. The van der Waals surface area contributed by atoms with Gasteiger partial charge in [0.05, 0.1) is 0 Å². The van der Waals surface area contributed by atoms with E-state index in [0.29, 0.717) is 11.1 Å². The van der Waals surface area contributed by atoms with Gasteiger partial charge in [-0.15, -0.1) is 0 Å². The quantitative estimate of drug-likeness (QED) is 0.618. The first-order valence-corrected chi connectivity index (χ1v) is 9.45. The average Bonchev–Trinajstić information content (AvgIpc) is 2.88. The van der Waals surface area contributed by atoms with E-state index in [9.17, 15) is 0 Å². The van der Waals surface area contributed by atoms with E-state index in [0.717, 1.165) is 0 Å². The molecule has 0 bridgehead atoms. The van der Waals surface area contributed by atoms with Crippen molar-refractivity contribution >= 4 is 20.2 Å². The van der Waals surface area contributed by atoms with Crippen molar-refractivity contribution in [2.24, 2.45) is 0 Å². The van der Waals surface area contributed by atoms with E-state index in [4.69, 9.17) is 0 Å². The summed E-state index contributed by atoms with van der Waals surface area (Å²) in [5.74, 6) is 0. The van der Waals surface area contributed by atoms with Crippen molar-refractivity contribution in [3.8, 4) is 0 Å². The normalized spacial score (nSPS) is 17.2. The van der Waals surface area contributed by atoms with Crippen LogP contribution in [0.25, 0.3) is 0 Å². The summed E-state index contributed by atoms with van der Waals surface area (Å²) in [5.41, 5.74) is 0.687. The van der Waals surface area contributed by atoms with Gasteiger partial charge in [0.15, 0.2) is 0 Å². The predicted octanol–water partition coefficient (Wildman–Crippen LogP) is 3.80. The molecule has 1 fully saturated rings. The van der Waals surface area contributed by atoms with Gasteiger partial charge in [-0.05, 0) is 0 Å². The molecule has 0 radical (unpaired) electrons. The Kier molecular flexibility index (Phi) is 6.60. The summed E-state index contributed by atoms with van der Waals surface area (Å²) in [5, 5.41) is 0. The third kappa shape index (κ3) is 2.81. The minimum absolute atomic E-state index is 0.344. The molecule has 0 atom stereocenters. The molecule has 3 heteroatoms. The van der Waals surface area contributed by atoms with Crippen molar-refractivity contribution in [1.29, 1.82) is 0 Å². The van der Waals surface area contributed by atoms with Gasteiger partial charge in [-0.3, -0.25) is 0 Å². The third-order valence-electron chi connectivity index (χ3n) is 6.10. The second kappa shape index (κ2) is 7.31. The molecule has 0 aromatic heterocycles. The molecule has 118 valence electrons. The average molecular weight is 345 g/mol. The van der Waals surface area contributed by atoms with E-state index in [1.807, 2.05) is 0 Å². The topological polar surface area (TPSA) is 6.48 Å². The fourth-order valence-electron chi connectivity index (χ4n) is 4.06.